The maximum atomic E-state index is 12.5. The second-order valence-corrected chi connectivity index (χ2v) is 5.86. The number of nitrogens with one attached hydrogen (secondary N) is 1. The number of nitrogens with zero attached hydrogens (tertiary/aromatic N) is 4. The summed E-state index contributed by atoms with van der Waals surface area (Å²) in [7, 11) is 0. The highest BCUT2D eigenvalue weighted by Crippen LogP contribution is 2.32. The quantitative estimate of drug-likeness (QED) is 0.734. The lowest BCUT2D eigenvalue weighted by Gasteiger charge is -2.20. The van der Waals surface area contributed by atoms with Crippen LogP contribution < -0.4 is 19.5 Å². The molecule has 0 spiro atoms. The fourth-order valence-electron chi connectivity index (χ4n) is 2.60. The van der Waals surface area contributed by atoms with Crippen molar-refractivity contribution >= 4 is 11.6 Å². The van der Waals surface area contributed by atoms with Gasteiger partial charge in [0.15, 0.2) is 17.6 Å². The Morgan fingerprint density at radius 1 is 1.19 bits per heavy atom. The van der Waals surface area contributed by atoms with E-state index >= 15 is 0 Å². The smallest absolute Gasteiger partial charge is 0.265 e. The molecule has 0 unspecified atom stereocenters. The summed E-state index contributed by atoms with van der Waals surface area (Å²) in [4.78, 5) is 12.5. The van der Waals surface area contributed by atoms with E-state index in [0.29, 0.717) is 36.1 Å². The van der Waals surface area contributed by atoms with Crippen LogP contribution in [0.2, 0.25) is 0 Å². The molecular weight excluding hydrogens is 350 g/mol. The van der Waals surface area contributed by atoms with Crippen LogP contribution in [0.15, 0.2) is 48.8 Å². The van der Waals surface area contributed by atoms with Crippen LogP contribution in [-0.4, -0.2) is 45.4 Å². The number of fused-ring (bicyclic) bond motifs is 1. The molecule has 0 saturated carbocycles. The minimum absolute atomic E-state index is 0.278. The highest BCUT2D eigenvalue weighted by molar-refractivity contribution is 5.94. The molecule has 138 valence electrons. The number of aromatic nitrogens is 4. The highest BCUT2D eigenvalue weighted by atomic mass is 16.6. The lowest BCUT2D eigenvalue weighted by atomic mass is 10.2. The summed E-state index contributed by atoms with van der Waals surface area (Å²) in [6.07, 6.45) is 0.777. The van der Waals surface area contributed by atoms with Crippen molar-refractivity contribution < 1.29 is 19.0 Å². The van der Waals surface area contributed by atoms with Gasteiger partial charge < -0.3 is 19.5 Å². The third kappa shape index (κ3) is 3.81. The Balaban J connectivity index is 1.42. The molecule has 0 radical (unpaired) electrons. The van der Waals surface area contributed by atoms with Gasteiger partial charge in [0.05, 0.1) is 5.69 Å². The van der Waals surface area contributed by atoms with Gasteiger partial charge in [-0.2, -0.15) is 0 Å². The van der Waals surface area contributed by atoms with Crippen LogP contribution >= 0.6 is 0 Å². The first-order valence-corrected chi connectivity index (χ1v) is 8.39. The number of carbonyl (C=O) groups excluding carboxylic acids is 1. The summed E-state index contributed by atoms with van der Waals surface area (Å²) in [6, 6.07) is 12.4. The van der Waals surface area contributed by atoms with Crippen molar-refractivity contribution in [1.29, 1.82) is 0 Å². The zero-order valence-electron chi connectivity index (χ0n) is 14.5. The van der Waals surface area contributed by atoms with Gasteiger partial charge in [-0.25, -0.2) is 4.68 Å². The van der Waals surface area contributed by atoms with Crippen LogP contribution in [0, 0.1) is 0 Å². The molecule has 4 rings (SSSR count). The molecule has 2 heterocycles. The predicted molar refractivity (Wildman–Crippen MR) is 95.3 cm³/mol. The van der Waals surface area contributed by atoms with E-state index in [-0.39, 0.29) is 5.91 Å². The Morgan fingerprint density at radius 3 is 2.85 bits per heavy atom. The van der Waals surface area contributed by atoms with E-state index in [4.69, 9.17) is 14.2 Å². The summed E-state index contributed by atoms with van der Waals surface area (Å²) >= 11 is 0. The number of amides is 1. The maximum Gasteiger partial charge on any atom is 0.265 e. The molecule has 1 aliphatic heterocycles. The number of benzene rings is 2. The minimum atomic E-state index is -0.706. The van der Waals surface area contributed by atoms with Crippen LogP contribution in [0.25, 0.3) is 5.69 Å². The van der Waals surface area contributed by atoms with Gasteiger partial charge in [0.25, 0.3) is 5.91 Å². The molecule has 3 aromatic rings. The SMILES string of the molecule is C[C@H](Oc1cccc(-n2cnnn2)c1)C(=O)Nc1ccc2c(c1)OCCO2. The molecule has 0 saturated heterocycles. The molecule has 0 fully saturated rings. The molecule has 0 bridgehead atoms. The topological polar surface area (TPSA) is 100 Å². The second kappa shape index (κ2) is 7.32. The second-order valence-electron chi connectivity index (χ2n) is 5.86. The molecule has 1 aliphatic rings. The van der Waals surface area contributed by atoms with Gasteiger partial charge in [-0.3, -0.25) is 4.79 Å². The molecule has 0 aliphatic carbocycles. The lowest BCUT2D eigenvalue weighted by Crippen LogP contribution is -2.30. The number of ether oxygens (including phenoxy) is 3. The van der Waals surface area contributed by atoms with E-state index < -0.39 is 6.10 Å². The molecule has 9 nitrogen and oxygen atoms in total. The van der Waals surface area contributed by atoms with Crippen LogP contribution in [0.3, 0.4) is 0 Å². The van der Waals surface area contributed by atoms with Crippen molar-refractivity contribution in [2.75, 3.05) is 18.5 Å². The van der Waals surface area contributed by atoms with E-state index in [9.17, 15) is 4.79 Å². The van der Waals surface area contributed by atoms with Gasteiger partial charge in [-0.05, 0) is 41.6 Å². The van der Waals surface area contributed by atoms with Crippen molar-refractivity contribution in [3.05, 3.63) is 48.8 Å². The fourth-order valence-corrected chi connectivity index (χ4v) is 2.60. The Morgan fingerprint density at radius 2 is 2.04 bits per heavy atom. The van der Waals surface area contributed by atoms with Crippen LogP contribution in [0.5, 0.6) is 17.2 Å². The first kappa shape index (κ1) is 16.8. The molecule has 27 heavy (non-hydrogen) atoms. The fraction of sp³-hybridized carbons (Fsp3) is 0.222. The summed E-state index contributed by atoms with van der Waals surface area (Å²) in [5.74, 6) is 1.54. The van der Waals surface area contributed by atoms with Gasteiger partial charge in [-0.1, -0.05) is 6.07 Å². The van der Waals surface area contributed by atoms with Crippen molar-refractivity contribution in [2.24, 2.45) is 0 Å². The lowest BCUT2D eigenvalue weighted by molar-refractivity contribution is -0.122. The summed E-state index contributed by atoms with van der Waals surface area (Å²) in [5.41, 5.74) is 1.35. The van der Waals surface area contributed by atoms with Crippen molar-refractivity contribution in [2.45, 2.75) is 13.0 Å². The third-order valence-corrected chi connectivity index (χ3v) is 3.92. The molecule has 2 aromatic carbocycles. The number of anilines is 1. The Labute approximate surface area is 154 Å². The summed E-state index contributed by atoms with van der Waals surface area (Å²) in [5, 5.41) is 13.9. The predicted octanol–water partition coefficient (Wildman–Crippen LogP) is 1.84. The van der Waals surface area contributed by atoms with Crippen LogP contribution in [-0.2, 0) is 4.79 Å². The maximum absolute atomic E-state index is 12.5. The van der Waals surface area contributed by atoms with Crippen LogP contribution in [0.4, 0.5) is 5.69 Å². The Bertz CT molecular complexity index is 945. The molecule has 1 amide bonds. The normalized spacial score (nSPS) is 13.7. The Kier molecular flexibility index (Phi) is 4.56. The van der Waals surface area contributed by atoms with Gasteiger partial charge >= 0.3 is 0 Å². The monoisotopic (exact) mass is 367 g/mol. The first-order chi connectivity index (χ1) is 13.2. The highest BCUT2D eigenvalue weighted by Gasteiger charge is 2.17. The van der Waals surface area contributed by atoms with Crippen molar-refractivity contribution in [3.8, 4) is 22.9 Å². The van der Waals surface area contributed by atoms with E-state index in [1.54, 1.807) is 43.3 Å². The average molecular weight is 367 g/mol. The number of hydrogen-bond donors (Lipinski definition) is 1. The Hall–Kier alpha value is -3.62. The van der Waals surface area contributed by atoms with E-state index in [1.807, 2.05) is 6.07 Å². The average Bonchev–Trinajstić information content (AvgIpc) is 3.23. The van der Waals surface area contributed by atoms with Gasteiger partial charge in [-0.15, -0.1) is 5.10 Å². The first-order valence-electron chi connectivity index (χ1n) is 8.39. The number of rotatable bonds is 5. The van der Waals surface area contributed by atoms with E-state index in [1.165, 1.54) is 11.0 Å². The zero-order chi connectivity index (χ0) is 18.6. The van der Waals surface area contributed by atoms with Gasteiger partial charge in [0.2, 0.25) is 0 Å². The third-order valence-electron chi connectivity index (χ3n) is 3.92. The summed E-state index contributed by atoms with van der Waals surface area (Å²) in [6.45, 7) is 2.69. The number of carbonyl (C=O) groups is 1. The van der Waals surface area contributed by atoms with Crippen LogP contribution in [0.1, 0.15) is 6.92 Å². The van der Waals surface area contributed by atoms with Crippen molar-refractivity contribution in [3.63, 3.8) is 0 Å². The van der Waals surface area contributed by atoms with E-state index in [2.05, 4.69) is 20.8 Å². The van der Waals surface area contributed by atoms with E-state index in [0.717, 1.165) is 5.69 Å². The molecule has 1 N–H and O–H groups in total. The molecule has 1 atom stereocenters. The molecule has 1 aromatic heterocycles. The molecular formula is C18H17N5O4. The van der Waals surface area contributed by atoms with Crippen molar-refractivity contribution in [1.82, 2.24) is 20.2 Å². The van der Waals surface area contributed by atoms with Gasteiger partial charge in [0, 0.05) is 17.8 Å². The summed E-state index contributed by atoms with van der Waals surface area (Å²) < 4.78 is 18.3. The molecule has 9 heteroatoms. The minimum Gasteiger partial charge on any atom is -0.486 e. The number of tetrazole rings is 1. The standard InChI is InChI=1S/C18H17N5O4/c1-12(27-15-4-2-3-14(10-15)23-11-19-21-22-23)18(24)20-13-5-6-16-17(9-13)26-8-7-25-16/h2-6,9-12H,7-8H2,1H3,(H,20,24)/t12-/m0/s1. The zero-order valence-corrected chi connectivity index (χ0v) is 14.5. The van der Waals surface area contributed by atoms with Gasteiger partial charge in [0.1, 0.15) is 25.3 Å². The number of hydrogen-bond acceptors (Lipinski definition) is 7. The largest absolute Gasteiger partial charge is 0.486 e.